The Morgan fingerprint density at radius 1 is 1.06 bits per heavy atom. The Hall–Kier alpha value is -2.90. The van der Waals surface area contributed by atoms with Crippen molar-refractivity contribution in [3.8, 4) is 5.75 Å². The molecule has 0 saturated carbocycles. The average Bonchev–Trinajstić information content (AvgIpc) is 3.28. The highest BCUT2D eigenvalue weighted by Crippen LogP contribution is 2.54. The van der Waals surface area contributed by atoms with E-state index >= 15 is 0 Å². The first-order valence-electron chi connectivity index (χ1n) is 10.6. The molecule has 0 radical (unpaired) electrons. The fourth-order valence-corrected chi connectivity index (χ4v) is 5.67. The number of nitrogens with zero attached hydrogens (tertiary/aromatic N) is 1. The summed E-state index contributed by atoms with van der Waals surface area (Å²) in [5.41, 5.74) is -0.0235. The maximum Gasteiger partial charge on any atom is 0.250 e. The van der Waals surface area contributed by atoms with Gasteiger partial charge in [0.2, 0.25) is 17.7 Å². The van der Waals surface area contributed by atoms with Gasteiger partial charge >= 0.3 is 0 Å². The minimum Gasteiger partial charge on any atom is -0.508 e. The fourth-order valence-electron chi connectivity index (χ4n) is 5.50. The number of carbonyl (C=O) groups is 3. The molecular formula is C24H24ClN3O4. The number of hydrogen-bond donors (Lipinski definition) is 3. The first-order valence-corrected chi connectivity index (χ1v) is 11.0. The van der Waals surface area contributed by atoms with Crippen molar-refractivity contribution in [3.63, 3.8) is 0 Å². The number of imide groups is 1. The standard InChI is InChI=1S/C24H24ClN3O4/c1-23(2,3)28-20(30)18-17(10-12-4-7-14(29)8-5-12)27-24(19(18)21(28)31)15-11-13(25)6-9-16(15)26-22(24)32/h4-9,11,17-19,27,29H,10H2,1-3H3,(H,26,32)/t17-,18-,19+,24-/m1/s1. The molecule has 3 aliphatic rings. The quantitative estimate of drug-likeness (QED) is 0.607. The highest BCUT2D eigenvalue weighted by molar-refractivity contribution is 6.31. The summed E-state index contributed by atoms with van der Waals surface area (Å²) in [6.07, 6.45) is 0.420. The molecule has 3 amide bonds. The van der Waals surface area contributed by atoms with Crippen LogP contribution in [0.4, 0.5) is 5.69 Å². The smallest absolute Gasteiger partial charge is 0.250 e. The number of anilines is 1. The molecule has 0 aliphatic carbocycles. The number of carbonyl (C=O) groups excluding carboxylic acids is 3. The average molecular weight is 454 g/mol. The molecule has 7 nitrogen and oxygen atoms in total. The van der Waals surface area contributed by atoms with Crippen LogP contribution in [0.5, 0.6) is 5.75 Å². The van der Waals surface area contributed by atoms with Crippen molar-refractivity contribution in [1.29, 1.82) is 0 Å². The number of benzene rings is 2. The Balaban J connectivity index is 1.66. The number of amides is 3. The molecule has 3 N–H and O–H groups in total. The van der Waals surface area contributed by atoms with Gasteiger partial charge in [0.15, 0.2) is 0 Å². The predicted octanol–water partition coefficient (Wildman–Crippen LogP) is 2.81. The summed E-state index contributed by atoms with van der Waals surface area (Å²) < 4.78 is 0. The second kappa shape index (κ2) is 6.80. The molecule has 2 saturated heterocycles. The Bertz CT molecular complexity index is 1160. The van der Waals surface area contributed by atoms with Crippen LogP contribution < -0.4 is 10.6 Å². The van der Waals surface area contributed by atoms with Gasteiger partial charge in [0, 0.05) is 27.9 Å². The van der Waals surface area contributed by atoms with Crippen molar-refractivity contribution in [2.45, 2.75) is 44.3 Å². The van der Waals surface area contributed by atoms with Crippen molar-refractivity contribution in [2.24, 2.45) is 11.8 Å². The highest BCUT2D eigenvalue weighted by atomic mass is 35.5. The van der Waals surface area contributed by atoms with Gasteiger partial charge in [0.25, 0.3) is 0 Å². The number of halogens is 1. The lowest BCUT2D eigenvalue weighted by Crippen LogP contribution is -2.56. The van der Waals surface area contributed by atoms with E-state index in [1.54, 1.807) is 42.5 Å². The van der Waals surface area contributed by atoms with Crippen LogP contribution in [0.25, 0.3) is 0 Å². The van der Waals surface area contributed by atoms with E-state index < -0.39 is 29.0 Å². The number of hydrogen-bond acceptors (Lipinski definition) is 5. The van der Waals surface area contributed by atoms with E-state index in [0.717, 1.165) is 5.56 Å². The molecule has 4 atom stereocenters. The molecule has 5 rings (SSSR count). The lowest BCUT2D eigenvalue weighted by Gasteiger charge is -2.34. The zero-order valence-corrected chi connectivity index (χ0v) is 18.7. The maximum absolute atomic E-state index is 13.7. The molecule has 8 heteroatoms. The first kappa shape index (κ1) is 21.0. The second-order valence-corrected chi connectivity index (χ2v) is 10.2. The second-order valence-electron chi connectivity index (χ2n) is 9.76. The molecule has 3 heterocycles. The molecule has 3 aliphatic heterocycles. The van der Waals surface area contributed by atoms with E-state index in [-0.39, 0.29) is 23.5 Å². The van der Waals surface area contributed by atoms with E-state index in [9.17, 15) is 19.5 Å². The van der Waals surface area contributed by atoms with Crippen LogP contribution in [0.3, 0.4) is 0 Å². The summed E-state index contributed by atoms with van der Waals surface area (Å²) in [7, 11) is 0. The van der Waals surface area contributed by atoms with Gasteiger partial charge in [-0.1, -0.05) is 23.7 Å². The zero-order chi connectivity index (χ0) is 23.0. The number of phenols is 1. The highest BCUT2D eigenvalue weighted by Gasteiger charge is 2.71. The van der Waals surface area contributed by atoms with E-state index in [1.807, 2.05) is 20.8 Å². The van der Waals surface area contributed by atoms with Crippen LogP contribution >= 0.6 is 11.6 Å². The Morgan fingerprint density at radius 2 is 1.75 bits per heavy atom. The molecule has 2 fully saturated rings. The van der Waals surface area contributed by atoms with E-state index in [4.69, 9.17) is 11.6 Å². The normalized spacial score (nSPS) is 28.9. The van der Waals surface area contributed by atoms with Gasteiger partial charge < -0.3 is 10.4 Å². The van der Waals surface area contributed by atoms with Crippen LogP contribution in [0.2, 0.25) is 5.02 Å². The van der Waals surface area contributed by atoms with E-state index in [0.29, 0.717) is 22.7 Å². The third-order valence-corrected chi connectivity index (χ3v) is 6.97. The zero-order valence-electron chi connectivity index (χ0n) is 18.0. The molecular weight excluding hydrogens is 430 g/mol. The van der Waals surface area contributed by atoms with Crippen LogP contribution in [-0.2, 0) is 26.3 Å². The lowest BCUT2D eigenvalue weighted by molar-refractivity contribution is -0.147. The summed E-state index contributed by atoms with van der Waals surface area (Å²) in [6.45, 7) is 5.45. The van der Waals surface area contributed by atoms with Crippen LogP contribution in [-0.4, -0.2) is 39.3 Å². The molecule has 0 unspecified atom stereocenters. The number of rotatable bonds is 2. The van der Waals surface area contributed by atoms with Gasteiger partial charge in [-0.2, -0.15) is 0 Å². The number of nitrogens with one attached hydrogen (secondary N) is 2. The molecule has 0 bridgehead atoms. The minimum atomic E-state index is -1.38. The Labute approximate surface area is 190 Å². The molecule has 2 aromatic rings. The van der Waals surface area contributed by atoms with Crippen molar-refractivity contribution in [3.05, 3.63) is 58.6 Å². The lowest BCUT2D eigenvalue weighted by atomic mass is 9.76. The maximum atomic E-state index is 13.7. The van der Waals surface area contributed by atoms with Crippen molar-refractivity contribution in [2.75, 3.05) is 5.32 Å². The van der Waals surface area contributed by atoms with Gasteiger partial charge in [-0.3, -0.25) is 24.6 Å². The van der Waals surface area contributed by atoms with Gasteiger partial charge in [0.1, 0.15) is 11.3 Å². The summed E-state index contributed by atoms with van der Waals surface area (Å²) in [4.78, 5) is 42.0. The van der Waals surface area contributed by atoms with Crippen molar-refractivity contribution < 1.29 is 19.5 Å². The van der Waals surface area contributed by atoms with Crippen molar-refractivity contribution in [1.82, 2.24) is 10.2 Å². The monoisotopic (exact) mass is 453 g/mol. The van der Waals surface area contributed by atoms with Crippen LogP contribution in [0.1, 0.15) is 31.9 Å². The number of phenolic OH excluding ortho intramolecular Hbond substituents is 1. The summed E-state index contributed by atoms with van der Waals surface area (Å²) in [6, 6.07) is 11.4. The van der Waals surface area contributed by atoms with E-state index in [2.05, 4.69) is 10.6 Å². The first-order chi connectivity index (χ1) is 15.0. The predicted molar refractivity (Wildman–Crippen MR) is 119 cm³/mol. The number of aromatic hydroxyl groups is 1. The minimum absolute atomic E-state index is 0.146. The summed E-state index contributed by atoms with van der Waals surface area (Å²) in [5.74, 6) is -2.41. The van der Waals surface area contributed by atoms with E-state index in [1.165, 1.54) is 4.90 Å². The van der Waals surface area contributed by atoms with Gasteiger partial charge in [0.05, 0.1) is 11.8 Å². The topological polar surface area (TPSA) is 98.7 Å². The molecule has 2 aromatic carbocycles. The summed E-state index contributed by atoms with van der Waals surface area (Å²) in [5, 5.41) is 16.3. The fraction of sp³-hybridized carbons (Fsp3) is 0.375. The Kier molecular flexibility index (Phi) is 4.45. The van der Waals surface area contributed by atoms with Gasteiger partial charge in [-0.25, -0.2) is 0 Å². The molecule has 0 aromatic heterocycles. The number of fused-ring (bicyclic) bond motifs is 4. The van der Waals surface area contributed by atoms with Crippen LogP contribution in [0.15, 0.2) is 42.5 Å². The van der Waals surface area contributed by atoms with Crippen LogP contribution in [0, 0.1) is 11.8 Å². The van der Waals surface area contributed by atoms with Gasteiger partial charge in [-0.15, -0.1) is 0 Å². The molecule has 166 valence electrons. The Morgan fingerprint density at radius 3 is 2.41 bits per heavy atom. The third kappa shape index (κ3) is 2.81. The third-order valence-electron chi connectivity index (χ3n) is 6.74. The molecule has 32 heavy (non-hydrogen) atoms. The number of likely N-dealkylation sites (tertiary alicyclic amines) is 1. The largest absolute Gasteiger partial charge is 0.508 e. The molecule has 1 spiro atoms. The SMILES string of the molecule is CC(C)(C)N1C(=O)[C@H]2[C@@H](C1=O)[C@@]1(N[C@@H]2Cc2ccc(O)cc2)C(=O)Nc2ccc(Cl)cc21. The van der Waals surface area contributed by atoms with Gasteiger partial charge in [-0.05, 0) is 63.1 Å². The summed E-state index contributed by atoms with van der Waals surface area (Å²) >= 11 is 6.27. The van der Waals surface area contributed by atoms with Crippen molar-refractivity contribution >= 4 is 35.0 Å².